The highest BCUT2D eigenvalue weighted by Crippen LogP contribution is 2.39. The van der Waals surface area contributed by atoms with Crippen molar-refractivity contribution in [3.8, 4) is 0 Å². The Hall–Kier alpha value is -1.33. The second-order valence-electron chi connectivity index (χ2n) is 8.56. The van der Waals surface area contributed by atoms with Crippen LogP contribution in [0.4, 0.5) is 4.79 Å². The lowest BCUT2D eigenvalue weighted by Gasteiger charge is -2.41. The van der Waals surface area contributed by atoms with E-state index in [-0.39, 0.29) is 17.2 Å². The molecule has 0 aliphatic heterocycles. The average molecular weight is 364 g/mol. The summed E-state index contributed by atoms with van der Waals surface area (Å²) in [6, 6.07) is 9.95. The van der Waals surface area contributed by atoms with Crippen molar-refractivity contribution in [1.82, 2.24) is 5.32 Å². The molecule has 0 spiro atoms. The molecule has 1 saturated carbocycles. The van der Waals surface area contributed by atoms with Crippen molar-refractivity contribution in [2.75, 3.05) is 0 Å². The largest absolute Gasteiger partial charge is 0.445 e. The Morgan fingerprint density at radius 1 is 1.12 bits per heavy atom. The Morgan fingerprint density at radius 2 is 1.72 bits per heavy atom. The highest BCUT2D eigenvalue weighted by atomic mass is 28.4. The fraction of sp³-hybridized carbons (Fsp3) is 0.650. The average Bonchev–Trinajstić information content (AvgIpc) is 2.54. The first-order valence-corrected chi connectivity index (χ1v) is 12.2. The minimum atomic E-state index is -1.71. The van der Waals surface area contributed by atoms with E-state index in [1.165, 1.54) is 0 Å². The van der Waals surface area contributed by atoms with Gasteiger partial charge in [0.25, 0.3) is 0 Å². The summed E-state index contributed by atoms with van der Waals surface area (Å²) in [4.78, 5) is 12.0. The van der Waals surface area contributed by atoms with E-state index in [0.717, 1.165) is 31.2 Å². The normalized spacial score (nSPS) is 21.6. The highest BCUT2D eigenvalue weighted by Gasteiger charge is 2.39. The fourth-order valence-corrected chi connectivity index (χ4v) is 4.27. The molecule has 1 aliphatic carbocycles. The maximum atomic E-state index is 12.0. The number of ether oxygens (including phenoxy) is 1. The van der Waals surface area contributed by atoms with Gasteiger partial charge in [0.1, 0.15) is 6.61 Å². The van der Waals surface area contributed by atoms with Crippen molar-refractivity contribution in [2.24, 2.45) is 0 Å². The van der Waals surface area contributed by atoms with E-state index in [0.29, 0.717) is 12.7 Å². The van der Waals surface area contributed by atoms with E-state index in [2.05, 4.69) is 39.2 Å². The van der Waals surface area contributed by atoms with Crippen LogP contribution in [0.5, 0.6) is 0 Å². The van der Waals surface area contributed by atoms with Crippen LogP contribution >= 0.6 is 0 Å². The summed E-state index contributed by atoms with van der Waals surface area (Å²) >= 11 is 0. The zero-order valence-corrected chi connectivity index (χ0v) is 17.3. The van der Waals surface area contributed by atoms with Crippen LogP contribution in [-0.4, -0.2) is 26.6 Å². The Bertz CT molecular complexity index is 546. The van der Waals surface area contributed by atoms with Crippen molar-refractivity contribution in [3.05, 3.63) is 35.9 Å². The molecule has 2 rings (SSSR count). The molecule has 1 aliphatic rings. The van der Waals surface area contributed by atoms with Gasteiger partial charge in [-0.1, -0.05) is 51.1 Å². The minimum Gasteiger partial charge on any atom is -0.445 e. The topological polar surface area (TPSA) is 47.6 Å². The van der Waals surface area contributed by atoms with Crippen LogP contribution in [0, 0.1) is 0 Å². The van der Waals surface area contributed by atoms with Gasteiger partial charge in [0, 0.05) is 12.1 Å². The lowest BCUT2D eigenvalue weighted by atomic mass is 9.93. The molecule has 0 saturated heterocycles. The molecule has 1 N–H and O–H groups in total. The van der Waals surface area contributed by atoms with Crippen LogP contribution in [0.15, 0.2) is 30.3 Å². The maximum absolute atomic E-state index is 12.0. The summed E-state index contributed by atoms with van der Waals surface area (Å²) < 4.78 is 11.8. The Balaban J connectivity index is 1.70. The maximum Gasteiger partial charge on any atom is 0.407 e. The molecule has 0 radical (unpaired) electrons. The number of amides is 1. The van der Waals surface area contributed by atoms with E-state index < -0.39 is 8.32 Å². The molecule has 0 aromatic heterocycles. The second-order valence-corrected chi connectivity index (χ2v) is 13.3. The summed E-state index contributed by atoms with van der Waals surface area (Å²) in [6.45, 7) is 11.7. The molecule has 0 heterocycles. The van der Waals surface area contributed by atoms with Crippen LogP contribution in [0.1, 0.15) is 52.0 Å². The number of carbonyl (C=O) groups excluding carboxylic acids is 1. The Labute approximate surface area is 153 Å². The predicted octanol–water partition coefficient (Wildman–Crippen LogP) is 5.25. The van der Waals surface area contributed by atoms with Gasteiger partial charge in [0.15, 0.2) is 8.32 Å². The van der Waals surface area contributed by atoms with E-state index in [1.54, 1.807) is 0 Å². The van der Waals surface area contributed by atoms with Crippen LogP contribution < -0.4 is 5.32 Å². The summed E-state index contributed by atoms with van der Waals surface area (Å²) in [5, 5.41) is 3.24. The fourth-order valence-electron chi connectivity index (χ4n) is 2.85. The van der Waals surface area contributed by atoms with Gasteiger partial charge in [0.2, 0.25) is 0 Å². The van der Waals surface area contributed by atoms with Gasteiger partial charge >= 0.3 is 6.09 Å². The molecule has 0 atom stereocenters. The summed E-state index contributed by atoms with van der Waals surface area (Å²) in [6.07, 6.45) is 3.95. The standard InChI is InChI=1S/C20H33NO3Si/c1-20(2,3)25(4,5)24-18-13-11-17(12-14-18)21-19(22)23-15-16-9-7-6-8-10-16/h6-10,17-18H,11-15H2,1-5H3,(H,21,22). The monoisotopic (exact) mass is 363 g/mol. The first kappa shape index (κ1) is 20.0. The van der Waals surface area contributed by atoms with Crippen LogP contribution in [0.3, 0.4) is 0 Å². The smallest absolute Gasteiger partial charge is 0.407 e. The van der Waals surface area contributed by atoms with Crippen molar-refractivity contribution >= 4 is 14.4 Å². The van der Waals surface area contributed by atoms with Gasteiger partial charge in [-0.05, 0) is 49.4 Å². The van der Waals surface area contributed by atoms with E-state index in [4.69, 9.17) is 9.16 Å². The van der Waals surface area contributed by atoms with Crippen LogP contribution in [0.25, 0.3) is 0 Å². The molecule has 1 amide bonds. The van der Waals surface area contributed by atoms with E-state index in [9.17, 15) is 4.79 Å². The molecule has 1 aromatic rings. The number of alkyl carbamates (subject to hydrolysis) is 1. The summed E-state index contributed by atoms with van der Waals surface area (Å²) in [5.74, 6) is 0. The molecule has 25 heavy (non-hydrogen) atoms. The third kappa shape index (κ3) is 6.15. The van der Waals surface area contributed by atoms with Crippen molar-refractivity contribution in [3.63, 3.8) is 0 Å². The van der Waals surface area contributed by atoms with Gasteiger partial charge in [-0.25, -0.2) is 4.79 Å². The van der Waals surface area contributed by atoms with Gasteiger partial charge in [-0.2, -0.15) is 0 Å². The quantitative estimate of drug-likeness (QED) is 0.727. The Kier molecular flexibility index (Phi) is 6.69. The highest BCUT2D eigenvalue weighted by molar-refractivity contribution is 6.74. The first-order chi connectivity index (χ1) is 11.7. The van der Waals surface area contributed by atoms with Gasteiger partial charge in [-0.3, -0.25) is 0 Å². The molecule has 140 valence electrons. The van der Waals surface area contributed by atoms with Gasteiger partial charge < -0.3 is 14.5 Å². The van der Waals surface area contributed by atoms with Crippen molar-refractivity contribution in [2.45, 2.75) is 83.3 Å². The first-order valence-electron chi connectivity index (χ1n) is 9.32. The molecule has 0 bridgehead atoms. The summed E-state index contributed by atoms with van der Waals surface area (Å²) in [7, 11) is -1.71. The van der Waals surface area contributed by atoms with Crippen molar-refractivity contribution in [1.29, 1.82) is 0 Å². The second kappa shape index (κ2) is 8.36. The third-order valence-electron chi connectivity index (χ3n) is 5.48. The summed E-state index contributed by atoms with van der Waals surface area (Å²) in [5.41, 5.74) is 1.00. The van der Waals surface area contributed by atoms with Crippen LogP contribution in [-0.2, 0) is 15.8 Å². The number of hydrogen-bond donors (Lipinski definition) is 1. The third-order valence-corrected chi connectivity index (χ3v) is 10.0. The van der Waals surface area contributed by atoms with Crippen molar-refractivity contribution < 1.29 is 14.0 Å². The van der Waals surface area contributed by atoms with E-state index >= 15 is 0 Å². The van der Waals surface area contributed by atoms with Gasteiger partial charge in [-0.15, -0.1) is 0 Å². The minimum absolute atomic E-state index is 0.197. The molecular weight excluding hydrogens is 330 g/mol. The zero-order chi connectivity index (χ0) is 18.5. The lowest BCUT2D eigenvalue weighted by molar-refractivity contribution is 0.109. The number of benzene rings is 1. The SMILES string of the molecule is CC(C)(C)[Si](C)(C)OC1CCC(NC(=O)OCc2ccccc2)CC1. The molecular formula is C20H33NO3Si. The predicted molar refractivity (Wildman–Crippen MR) is 104 cm³/mol. The number of carbonyl (C=O) groups is 1. The lowest BCUT2D eigenvalue weighted by Crippen LogP contribution is -2.46. The number of nitrogens with one attached hydrogen (secondary N) is 1. The van der Waals surface area contributed by atoms with Gasteiger partial charge in [0.05, 0.1) is 0 Å². The molecule has 4 nitrogen and oxygen atoms in total. The number of hydrogen-bond acceptors (Lipinski definition) is 3. The van der Waals surface area contributed by atoms with Crippen LogP contribution in [0.2, 0.25) is 18.1 Å². The molecule has 0 unspecified atom stereocenters. The van der Waals surface area contributed by atoms with E-state index in [1.807, 2.05) is 30.3 Å². The zero-order valence-electron chi connectivity index (χ0n) is 16.3. The Morgan fingerprint density at radius 3 is 2.28 bits per heavy atom. The molecule has 1 fully saturated rings. The molecule has 1 aromatic carbocycles. The number of rotatable bonds is 5. The molecule has 5 heteroatoms.